The number of tetrazole rings is 1. The summed E-state index contributed by atoms with van der Waals surface area (Å²) < 4.78 is -0.721. The van der Waals surface area contributed by atoms with E-state index < -0.39 is 14.9 Å². The lowest BCUT2D eigenvalue weighted by Crippen LogP contribution is -2.36. The number of carbonyl (C=O) groups excluding carboxylic acids is 2. The second-order valence-electron chi connectivity index (χ2n) is 3.59. The Hall–Kier alpha value is -1.35. The topological polar surface area (TPSA) is 89.8 Å². The van der Waals surface area contributed by atoms with Crippen molar-refractivity contribution < 1.29 is 9.59 Å². The van der Waals surface area contributed by atoms with Gasteiger partial charge in [0.15, 0.2) is 0 Å². The standard InChI is InChI=1S/C10H6Cl3N5O2S/c11-10(12,13)8(19)15-9(20)21-7-3-1-6(2-4-7)18-5-14-16-17-18/h1-5H,(H,15,19,20). The molecule has 2 amide bonds. The van der Waals surface area contributed by atoms with Crippen LogP contribution in [0.1, 0.15) is 0 Å². The van der Waals surface area contributed by atoms with E-state index in [0.29, 0.717) is 4.90 Å². The smallest absolute Gasteiger partial charge is 0.283 e. The highest BCUT2D eigenvalue weighted by atomic mass is 35.6. The van der Waals surface area contributed by atoms with Crippen LogP contribution in [0.4, 0.5) is 4.79 Å². The highest BCUT2D eigenvalue weighted by molar-refractivity contribution is 8.13. The van der Waals surface area contributed by atoms with E-state index in [1.54, 1.807) is 24.3 Å². The zero-order valence-corrected chi connectivity index (χ0v) is 13.1. The van der Waals surface area contributed by atoms with E-state index in [1.807, 2.05) is 5.32 Å². The molecule has 11 heteroatoms. The van der Waals surface area contributed by atoms with Gasteiger partial charge in [-0.15, -0.1) is 5.10 Å². The highest BCUT2D eigenvalue weighted by Gasteiger charge is 2.32. The average Bonchev–Trinajstić information content (AvgIpc) is 2.92. The third-order valence-electron chi connectivity index (χ3n) is 2.13. The maximum atomic E-state index is 11.6. The number of hydrogen-bond donors (Lipinski definition) is 1. The quantitative estimate of drug-likeness (QED) is 0.648. The molecule has 0 saturated heterocycles. The van der Waals surface area contributed by atoms with E-state index in [1.165, 1.54) is 11.0 Å². The van der Waals surface area contributed by atoms with Gasteiger partial charge in [0, 0.05) is 4.90 Å². The second kappa shape index (κ2) is 6.61. The summed E-state index contributed by atoms with van der Waals surface area (Å²) in [5, 5.41) is 12.1. The Kier molecular flexibility index (Phi) is 5.04. The van der Waals surface area contributed by atoms with E-state index in [4.69, 9.17) is 34.8 Å². The van der Waals surface area contributed by atoms with Crippen LogP contribution in [-0.2, 0) is 4.79 Å². The number of halogens is 3. The molecule has 0 atom stereocenters. The van der Waals surface area contributed by atoms with Gasteiger partial charge >= 0.3 is 0 Å². The van der Waals surface area contributed by atoms with E-state index in [2.05, 4.69) is 15.5 Å². The molecular weight excluding hydrogens is 361 g/mol. The summed E-state index contributed by atoms with van der Waals surface area (Å²) in [5.41, 5.74) is 0.724. The maximum absolute atomic E-state index is 11.6. The Morgan fingerprint density at radius 1 is 1.19 bits per heavy atom. The predicted molar refractivity (Wildman–Crippen MR) is 78.8 cm³/mol. The lowest BCUT2D eigenvalue weighted by Gasteiger charge is -2.09. The van der Waals surface area contributed by atoms with Crippen molar-refractivity contribution in [2.75, 3.05) is 0 Å². The number of carbonyl (C=O) groups is 2. The Labute approximate surface area is 137 Å². The van der Waals surface area contributed by atoms with E-state index >= 15 is 0 Å². The summed E-state index contributed by atoms with van der Waals surface area (Å²) in [4.78, 5) is 23.5. The van der Waals surface area contributed by atoms with Gasteiger partial charge in [0.25, 0.3) is 14.9 Å². The average molecular weight is 367 g/mol. The summed E-state index contributed by atoms with van der Waals surface area (Å²) in [6, 6.07) is 6.76. The molecule has 0 bridgehead atoms. The number of nitrogens with one attached hydrogen (secondary N) is 1. The molecule has 2 rings (SSSR count). The Morgan fingerprint density at radius 2 is 1.86 bits per heavy atom. The fourth-order valence-corrected chi connectivity index (χ4v) is 2.01. The first-order chi connectivity index (χ1) is 9.86. The molecule has 0 fully saturated rings. The van der Waals surface area contributed by atoms with Crippen LogP contribution in [0.15, 0.2) is 35.5 Å². The molecule has 0 aliphatic carbocycles. The van der Waals surface area contributed by atoms with Crippen LogP contribution in [0, 0.1) is 0 Å². The Balaban J connectivity index is 1.97. The first-order valence-electron chi connectivity index (χ1n) is 5.29. The number of imide groups is 1. The zero-order valence-electron chi connectivity index (χ0n) is 10.0. The molecule has 0 spiro atoms. The minimum atomic E-state index is -2.18. The fourth-order valence-electron chi connectivity index (χ4n) is 1.24. The largest absolute Gasteiger partial charge is 0.290 e. The van der Waals surface area contributed by atoms with Gasteiger partial charge in [-0.1, -0.05) is 34.8 Å². The van der Waals surface area contributed by atoms with Crippen molar-refractivity contribution in [3.8, 4) is 5.69 Å². The van der Waals surface area contributed by atoms with Crippen molar-refractivity contribution in [2.24, 2.45) is 0 Å². The van der Waals surface area contributed by atoms with Gasteiger partial charge in [-0.05, 0) is 46.5 Å². The van der Waals surface area contributed by atoms with Gasteiger partial charge in [0.1, 0.15) is 6.33 Å². The van der Waals surface area contributed by atoms with Crippen LogP contribution in [-0.4, -0.2) is 35.1 Å². The van der Waals surface area contributed by atoms with Crippen molar-refractivity contribution in [1.29, 1.82) is 0 Å². The van der Waals surface area contributed by atoms with Crippen LogP contribution in [0.5, 0.6) is 0 Å². The SMILES string of the molecule is O=C(NC(=O)C(Cl)(Cl)Cl)Sc1ccc(-n2cnnn2)cc1. The summed E-state index contributed by atoms with van der Waals surface area (Å²) in [6.07, 6.45) is 1.44. The molecule has 0 saturated carbocycles. The monoisotopic (exact) mass is 365 g/mol. The van der Waals surface area contributed by atoms with E-state index in [0.717, 1.165) is 17.4 Å². The van der Waals surface area contributed by atoms with Crippen LogP contribution in [0.2, 0.25) is 0 Å². The molecule has 1 N–H and O–H groups in total. The number of aromatic nitrogens is 4. The molecule has 1 aromatic heterocycles. The van der Waals surface area contributed by atoms with Gasteiger partial charge in [-0.25, -0.2) is 4.68 Å². The number of rotatable bonds is 2. The van der Waals surface area contributed by atoms with Crippen molar-refractivity contribution in [1.82, 2.24) is 25.5 Å². The van der Waals surface area contributed by atoms with Crippen molar-refractivity contribution >= 4 is 57.7 Å². The molecular formula is C10H6Cl3N5O2S. The molecule has 0 aliphatic heterocycles. The number of benzene rings is 1. The first kappa shape index (κ1) is 16.0. The predicted octanol–water partition coefficient (Wildman–Crippen LogP) is 2.36. The summed E-state index contributed by atoms with van der Waals surface area (Å²) >= 11 is 16.8. The molecule has 1 aromatic carbocycles. The minimum absolute atomic E-state index is 0.599. The number of nitrogens with zero attached hydrogens (tertiary/aromatic N) is 4. The lowest BCUT2D eigenvalue weighted by atomic mass is 10.3. The van der Waals surface area contributed by atoms with Gasteiger partial charge in [0.2, 0.25) is 0 Å². The van der Waals surface area contributed by atoms with Gasteiger partial charge in [-0.2, -0.15) is 0 Å². The third-order valence-corrected chi connectivity index (χ3v) is 3.44. The fraction of sp³-hybridized carbons (Fsp3) is 0.100. The van der Waals surface area contributed by atoms with Gasteiger partial charge < -0.3 is 0 Å². The number of hydrogen-bond acceptors (Lipinski definition) is 6. The molecule has 0 aliphatic rings. The summed E-state index contributed by atoms with van der Waals surface area (Å²) in [5.74, 6) is -1.00. The highest BCUT2D eigenvalue weighted by Crippen LogP contribution is 2.27. The van der Waals surface area contributed by atoms with Crippen LogP contribution in [0.3, 0.4) is 0 Å². The molecule has 7 nitrogen and oxygen atoms in total. The second-order valence-corrected chi connectivity index (χ2v) is 6.92. The first-order valence-corrected chi connectivity index (χ1v) is 7.25. The van der Waals surface area contributed by atoms with Crippen LogP contribution < -0.4 is 5.32 Å². The molecule has 110 valence electrons. The zero-order chi connectivity index (χ0) is 15.5. The minimum Gasteiger partial charge on any atom is -0.283 e. The molecule has 0 radical (unpaired) electrons. The van der Waals surface area contributed by atoms with Crippen molar-refractivity contribution in [3.05, 3.63) is 30.6 Å². The number of alkyl halides is 3. The summed E-state index contributed by atoms with van der Waals surface area (Å²) in [6.45, 7) is 0. The molecule has 1 heterocycles. The van der Waals surface area contributed by atoms with Crippen LogP contribution in [0.25, 0.3) is 5.69 Å². The summed E-state index contributed by atoms with van der Waals surface area (Å²) in [7, 11) is 0. The maximum Gasteiger partial charge on any atom is 0.290 e. The molecule has 2 aromatic rings. The van der Waals surface area contributed by atoms with Crippen molar-refractivity contribution in [2.45, 2.75) is 8.69 Å². The third kappa shape index (κ3) is 4.57. The van der Waals surface area contributed by atoms with Crippen molar-refractivity contribution in [3.63, 3.8) is 0 Å². The van der Waals surface area contributed by atoms with E-state index in [9.17, 15) is 9.59 Å². The molecule has 21 heavy (non-hydrogen) atoms. The normalized spacial score (nSPS) is 11.2. The number of amides is 2. The van der Waals surface area contributed by atoms with Crippen LogP contribution >= 0.6 is 46.6 Å². The molecule has 0 unspecified atom stereocenters. The van der Waals surface area contributed by atoms with E-state index in [-0.39, 0.29) is 0 Å². The Bertz CT molecular complexity index is 642. The lowest BCUT2D eigenvalue weighted by molar-refractivity contribution is -0.119. The van der Waals surface area contributed by atoms with Gasteiger partial charge in [-0.3, -0.25) is 14.9 Å². The van der Waals surface area contributed by atoms with Gasteiger partial charge in [0.05, 0.1) is 5.69 Å². The Morgan fingerprint density at radius 3 is 2.38 bits per heavy atom. The number of thioether (sulfide) groups is 1.